The van der Waals surface area contributed by atoms with E-state index in [1.807, 2.05) is 36.7 Å². The van der Waals surface area contributed by atoms with Gasteiger partial charge in [0.25, 0.3) is 5.91 Å². The van der Waals surface area contributed by atoms with Crippen LogP contribution in [-0.4, -0.2) is 46.5 Å². The molecule has 0 bridgehead atoms. The fraction of sp³-hybridized carbons (Fsp3) is 0.381. The fourth-order valence-electron chi connectivity index (χ4n) is 3.36. The van der Waals surface area contributed by atoms with Crippen molar-refractivity contribution in [1.82, 2.24) is 24.1 Å². The summed E-state index contributed by atoms with van der Waals surface area (Å²) in [6, 6.07) is 5.62. The Morgan fingerprint density at radius 1 is 1.26 bits per heavy atom. The van der Waals surface area contributed by atoms with Gasteiger partial charge in [-0.1, -0.05) is 19.8 Å². The van der Waals surface area contributed by atoms with Gasteiger partial charge in [-0.25, -0.2) is 13.1 Å². The van der Waals surface area contributed by atoms with E-state index in [-0.39, 0.29) is 5.75 Å². The van der Waals surface area contributed by atoms with E-state index in [1.54, 1.807) is 31.0 Å². The van der Waals surface area contributed by atoms with E-state index in [0.717, 1.165) is 18.2 Å². The van der Waals surface area contributed by atoms with E-state index in [2.05, 4.69) is 14.8 Å². The Morgan fingerprint density at radius 2 is 2.03 bits per heavy atom. The molecule has 0 saturated heterocycles. The number of hydrogen-bond donors (Lipinski definition) is 1. The molecule has 0 aliphatic carbocycles. The van der Waals surface area contributed by atoms with Crippen molar-refractivity contribution in [3.05, 3.63) is 41.7 Å². The number of nitrogens with zero attached hydrogens (tertiary/aromatic N) is 4. The van der Waals surface area contributed by atoms with Crippen molar-refractivity contribution in [2.45, 2.75) is 33.1 Å². The minimum atomic E-state index is -3.65. The average Bonchev–Trinajstić information content (AvgIpc) is 3.24. The van der Waals surface area contributed by atoms with Crippen LogP contribution in [0.2, 0.25) is 0 Å². The Kier molecular flexibility index (Phi) is 6.79. The standard InChI is InChI=1S/C21H27N5O4S/c1-5-6-7-14-31(28,29)24-18(27)10-9-17-15(2)23-25(3)21(17)26-13-12-16-8-11-19(30-4)22-20(16)26/h8-13H,5-7,14H2,1-4H3,(H,24,27)/b10-9+. The van der Waals surface area contributed by atoms with Gasteiger partial charge in [-0.2, -0.15) is 10.1 Å². The molecule has 0 aliphatic rings. The molecule has 166 valence electrons. The first kappa shape index (κ1) is 22.5. The fourth-order valence-corrected chi connectivity index (χ4v) is 4.42. The smallest absolute Gasteiger partial charge is 0.257 e. The maximum atomic E-state index is 12.2. The summed E-state index contributed by atoms with van der Waals surface area (Å²) in [5, 5.41) is 5.38. The Hall–Kier alpha value is -3.14. The van der Waals surface area contributed by atoms with Gasteiger partial charge in [-0.3, -0.25) is 14.0 Å². The molecule has 10 heteroatoms. The number of rotatable bonds is 9. The highest BCUT2D eigenvalue weighted by Crippen LogP contribution is 2.26. The lowest BCUT2D eigenvalue weighted by Gasteiger charge is -2.08. The van der Waals surface area contributed by atoms with Gasteiger partial charge < -0.3 is 4.74 Å². The van der Waals surface area contributed by atoms with Crippen molar-refractivity contribution in [1.29, 1.82) is 0 Å². The minimum Gasteiger partial charge on any atom is -0.481 e. The number of fused-ring (bicyclic) bond motifs is 1. The van der Waals surface area contributed by atoms with Crippen molar-refractivity contribution in [2.75, 3.05) is 12.9 Å². The van der Waals surface area contributed by atoms with E-state index < -0.39 is 15.9 Å². The molecule has 9 nitrogen and oxygen atoms in total. The van der Waals surface area contributed by atoms with Crippen LogP contribution in [0.25, 0.3) is 22.9 Å². The zero-order chi connectivity index (χ0) is 22.6. The number of aromatic nitrogens is 4. The topological polar surface area (TPSA) is 108 Å². The molecular formula is C21H27N5O4S. The molecule has 0 aliphatic heterocycles. The molecule has 3 aromatic rings. The van der Waals surface area contributed by atoms with Gasteiger partial charge in [-0.15, -0.1) is 0 Å². The molecule has 0 radical (unpaired) electrons. The van der Waals surface area contributed by atoms with Gasteiger partial charge in [0.05, 0.1) is 18.6 Å². The Morgan fingerprint density at radius 3 is 2.74 bits per heavy atom. The molecule has 0 unspecified atom stereocenters. The molecule has 0 saturated carbocycles. The van der Waals surface area contributed by atoms with Crippen molar-refractivity contribution >= 4 is 33.0 Å². The summed E-state index contributed by atoms with van der Waals surface area (Å²) in [7, 11) is -0.303. The lowest BCUT2D eigenvalue weighted by Crippen LogP contribution is -2.31. The molecular weight excluding hydrogens is 418 g/mol. The lowest BCUT2D eigenvalue weighted by atomic mass is 10.2. The molecule has 0 aromatic carbocycles. The van der Waals surface area contributed by atoms with Crippen LogP contribution in [0.15, 0.2) is 30.5 Å². The highest BCUT2D eigenvalue weighted by molar-refractivity contribution is 7.90. The summed E-state index contributed by atoms with van der Waals surface area (Å²) in [5.41, 5.74) is 2.06. The second kappa shape index (κ2) is 9.34. The third-order valence-corrected chi connectivity index (χ3v) is 6.20. The van der Waals surface area contributed by atoms with E-state index in [1.165, 1.54) is 6.08 Å². The first-order chi connectivity index (χ1) is 14.8. The first-order valence-electron chi connectivity index (χ1n) is 10.0. The molecule has 3 heterocycles. The molecule has 1 N–H and O–H groups in total. The van der Waals surface area contributed by atoms with Gasteiger partial charge in [0.2, 0.25) is 15.9 Å². The Balaban J connectivity index is 1.90. The van der Waals surface area contributed by atoms with Crippen LogP contribution >= 0.6 is 0 Å². The van der Waals surface area contributed by atoms with Gasteiger partial charge >= 0.3 is 0 Å². The summed E-state index contributed by atoms with van der Waals surface area (Å²) in [6.45, 7) is 3.81. The number of sulfonamides is 1. The van der Waals surface area contributed by atoms with Crippen LogP contribution < -0.4 is 9.46 Å². The first-order valence-corrected chi connectivity index (χ1v) is 11.7. The number of ether oxygens (including phenoxy) is 1. The summed E-state index contributed by atoms with van der Waals surface area (Å²) in [5.74, 6) is 0.419. The number of carbonyl (C=O) groups is 1. The summed E-state index contributed by atoms with van der Waals surface area (Å²) in [4.78, 5) is 16.8. The van der Waals surface area contributed by atoms with Crippen molar-refractivity contribution < 1.29 is 17.9 Å². The number of nitrogens with one attached hydrogen (secondary N) is 1. The van der Waals surface area contributed by atoms with Crippen LogP contribution in [0, 0.1) is 6.92 Å². The SMILES string of the molecule is CCCCCS(=O)(=O)NC(=O)/C=C/c1c(C)nn(C)c1-n1ccc2ccc(OC)nc21. The van der Waals surface area contributed by atoms with Crippen molar-refractivity contribution in [2.24, 2.45) is 7.05 Å². The summed E-state index contributed by atoms with van der Waals surface area (Å²) < 4.78 is 35.0. The molecule has 3 rings (SSSR count). The number of hydrogen-bond acceptors (Lipinski definition) is 6. The predicted molar refractivity (Wildman–Crippen MR) is 120 cm³/mol. The lowest BCUT2D eigenvalue weighted by molar-refractivity contribution is -0.114. The second-order valence-electron chi connectivity index (χ2n) is 7.22. The van der Waals surface area contributed by atoms with E-state index in [9.17, 15) is 13.2 Å². The second-order valence-corrected chi connectivity index (χ2v) is 9.07. The number of unbranched alkanes of at least 4 members (excludes halogenated alkanes) is 2. The molecule has 0 atom stereocenters. The quantitative estimate of drug-likeness (QED) is 0.401. The van der Waals surface area contributed by atoms with Crippen molar-refractivity contribution in [3.8, 4) is 11.7 Å². The van der Waals surface area contributed by atoms with Crippen molar-refractivity contribution in [3.63, 3.8) is 0 Å². The maximum Gasteiger partial charge on any atom is 0.257 e. The summed E-state index contributed by atoms with van der Waals surface area (Å²) >= 11 is 0. The maximum absolute atomic E-state index is 12.2. The van der Waals surface area contributed by atoms with E-state index >= 15 is 0 Å². The van der Waals surface area contributed by atoms with E-state index in [0.29, 0.717) is 35.0 Å². The van der Waals surface area contributed by atoms with Crippen LogP contribution in [-0.2, 0) is 21.9 Å². The van der Waals surface area contributed by atoms with Crippen LogP contribution in [0.5, 0.6) is 5.88 Å². The van der Waals surface area contributed by atoms with Gasteiger partial charge in [-0.05, 0) is 31.6 Å². The van der Waals surface area contributed by atoms with Gasteiger partial charge in [0.1, 0.15) is 11.5 Å². The number of amides is 1. The van der Waals surface area contributed by atoms with Gasteiger partial charge in [0.15, 0.2) is 0 Å². The normalized spacial score (nSPS) is 12.0. The molecule has 31 heavy (non-hydrogen) atoms. The van der Waals surface area contributed by atoms with Gasteiger partial charge in [0, 0.05) is 36.3 Å². The monoisotopic (exact) mass is 445 g/mol. The minimum absolute atomic E-state index is 0.0690. The molecule has 0 spiro atoms. The number of carbonyl (C=O) groups excluding carboxylic acids is 1. The van der Waals surface area contributed by atoms with Crippen LogP contribution in [0.1, 0.15) is 37.4 Å². The van der Waals surface area contributed by atoms with Crippen LogP contribution in [0.3, 0.4) is 0 Å². The molecule has 1 amide bonds. The van der Waals surface area contributed by atoms with E-state index in [4.69, 9.17) is 4.74 Å². The number of aryl methyl sites for hydroxylation is 2. The zero-order valence-corrected chi connectivity index (χ0v) is 18.9. The third-order valence-electron chi connectivity index (χ3n) is 4.86. The predicted octanol–water partition coefficient (Wildman–Crippen LogP) is 2.73. The highest BCUT2D eigenvalue weighted by atomic mass is 32.2. The van der Waals surface area contributed by atoms with Crippen LogP contribution in [0.4, 0.5) is 0 Å². The summed E-state index contributed by atoms with van der Waals surface area (Å²) in [6.07, 6.45) is 6.87. The Bertz CT molecular complexity index is 1220. The largest absolute Gasteiger partial charge is 0.481 e. The average molecular weight is 446 g/mol. The number of pyridine rings is 1. The zero-order valence-electron chi connectivity index (χ0n) is 18.1. The molecule has 0 fully saturated rings. The third kappa shape index (κ3) is 5.13. The Labute approximate surface area is 181 Å². The molecule has 3 aromatic heterocycles. The number of methoxy groups -OCH3 is 1. The highest BCUT2D eigenvalue weighted by Gasteiger charge is 2.17.